The molecule has 37 heavy (non-hydrogen) atoms. The summed E-state index contributed by atoms with van der Waals surface area (Å²) in [5, 5.41) is 16.1. The largest absolute Gasteiger partial charge is 0.416 e. The molecule has 0 saturated carbocycles. The summed E-state index contributed by atoms with van der Waals surface area (Å²) in [5.41, 5.74) is -10.9. The molecule has 2 aromatic rings. The van der Waals surface area contributed by atoms with Gasteiger partial charge < -0.3 is 5.11 Å². The second-order valence-corrected chi connectivity index (χ2v) is 6.88. The number of hydrogen-bond acceptors (Lipinski definition) is 4. The minimum atomic E-state index is -5.43. The minimum absolute atomic E-state index is 0.136. The molecule has 2 rings (SSSR count). The van der Waals surface area contributed by atoms with E-state index in [1.54, 1.807) is 0 Å². The van der Waals surface area contributed by atoms with E-state index >= 15 is 0 Å². The van der Waals surface area contributed by atoms with Gasteiger partial charge in [0.2, 0.25) is 0 Å². The molecule has 0 fully saturated rings. The van der Waals surface area contributed by atoms with Crippen LogP contribution in [-0.4, -0.2) is 23.8 Å². The van der Waals surface area contributed by atoms with Crippen LogP contribution in [0.25, 0.3) is 0 Å². The van der Waals surface area contributed by atoms with Gasteiger partial charge >= 0.3 is 24.7 Å². The number of benzene rings is 2. The predicted octanol–water partition coefficient (Wildman–Crippen LogP) is 6.58. The van der Waals surface area contributed by atoms with Gasteiger partial charge in [0.25, 0.3) is 0 Å². The lowest BCUT2D eigenvalue weighted by Gasteiger charge is -2.16. The number of halogens is 12. The molecule has 0 bridgehead atoms. The van der Waals surface area contributed by atoms with Crippen molar-refractivity contribution in [2.45, 2.75) is 24.7 Å². The maximum atomic E-state index is 13.0. The van der Waals surface area contributed by atoms with Crippen molar-refractivity contribution in [2.24, 2.45) is 5.92 Å². The summed E-state index contributed by atoms with van der Waals surface area (Å²) in [6.07, 6.45) is -21.7. The summed E-state index contributed by atoms with van der Waals surface area (Å²) in [6, 6.07) is -0.384. The molecule has 0 aliphatic rings. The molecule has 202 valence electrons. The molecular weight excluding hydrogens is 542 g/mol. The van der Waals surface area contributed by atoms with Gasteiger partial charge in [-0.3, -0.25) is 9.59 Å². The molecule has 0 radical (unpaired) electrons. The van der Waals surface area contributed by atoms with Gasteiger partial charge in [-0.25, -0.2) is 0 Å². The first-order valence-electron chi connectivity index (χ1n) is 9.18. The molecule has 0 amide bonds. The Hall–Kier alpha value is -3.61. The first-order chi connectivity index (χ1) is 16.7. The van der Waals surface area contributed by atoms with E-state index in [1.807, 2.05) is 0 Å². The van der Waals surface area contributed by atoms with Gasteiger partial charge in [0.05, 0.1) is 28.3 Å². The van der Waals surface area contributed by atoms with Crippen LogP contribution >= 0.6 is 0 Å². The van der Waals surface area contributed by atoms with Crippen molar-refractivity contribution in [3.05, 3.63) is 69.8 Å². The number of alkyl halides is 12. The molecule has 0 heterocycles. The highest BCUT2D eigenvalue weighted by atomic mass is 19.4. The molecular formula is C21H11F12NO3. The first kappa shape index (κ1) is 31.4. The van der Waals surface area contributed by atoms with Crippen LogP contribution in [0.15, 0.2) is 36.4 Å². The van der Waals surface area contributed by atoms with Gasteiger partial charge in [0, 0.05) is 18.2 Å². The van der Waals surface area contributed by atoms with E-state index in [1.165, 1.54) is 0 Å². The zero-order chi connectivity index (χ0) is 29.1. The number of aliphatic hydroxyl groups excluding tert-OH is 1. The topological polar surface area (TPSA) is 78.2 Å². The first-order valence-corrected chi connectivity index (χ1v) is 9.18. The fourth-order valence-electron chi connectivity index (χ4n) is 2.76. The summed E-state index contributed by atoms with van der Waals surface area (Å²) in [4.78, 5) is 25.0. The number of nitriles is 1. The molecule has 0 unspecified atom stereocenters. The highest BCUT2D eigenvalue weighted by molar-refractivity contribution is 6.18. The van der Waals surface area contributed by atoms with Gasteiger partial charge in [-0.1, -0.05) is 0 Å². The van der Waals surface area contributed by atoms with Gasteiger partial charge in [-0.05, 0) is 36.4 Å². The fraction of sp³-hybridized carbons (Fsp3) is 0.286. The number of nitrogens with zero attached hydrogens (tertiary/aromatic N) is 1. The van der Waals surface area contributed by atoms with Crippen molar-refractivity contribution in [3.63, 3.8) is 0 Å². The van der Waals surface area contributed by atoms with Crippen LogP contribution in [-0.2, 0) is 24.7 Å². The summed E-state index contributed by atoms with van der Waals surface area (Å²) in [6.45, 7) is 0. The Kier molecular flexibility index (Phi) is 9.16. The Morgan fingerprint density at radius 3 is 0.973 bits per heavy atom. The third-order valence-electron chi connectivity index (χ3n) is 4.40. The quantitative estimate of drug-likeness (QED) is 0.264. The van der Waals surface area contributed by atoms with Crippen LogP contribution in [0.5, 0.6) is 0 Å². The lowest BCUT2D eigenvalue weighted by Crippen LogP contribution is -2.25. The smallest absolute Gasteiger partial charge is 0.400 e. The fourth-order valence-corrected chi connectivity index (χ4v) is 2.76. The van der Waals surface area contributed by atoms with Crippen molar-refractivity contribution < 1.29 is 67.4 Å². The second kappa shape index (κ2) is 10.8. The highest BCUT2D eigenvalue weighted by Crippen LogP contribution is 2.38. The zero-order valence-electron chi connectivity index (χ0n) is 17.8. The maximum absolute atomic E-state index is 13.0. The van der Waals surface area contributed by atoms with Crippen molar-refractivity contribution in [1.82, 2.24) is 0 Å². The van der Waals surface area contributed by atoms with E-state index in [0.717, 1.165) is 13.2 Å². The van der Waals surface area contributed by atoms with Gasteiger partial charge in [0.1, 0.15) is 0 Å². The number of ketones is 2. The second-order valence-electron chi connectivity index (χ2n) is 6.88. The van der Waals surface area contributed by atoms with Crippen LogP contribution in [0, 0.1) is 17.2 Å². The lowest BCUT2D eigenvalue weighted by atomic mass is 9.88. The molecule has 0 spiro atoms. The van der Waals surface area contributed by atoms with E-state index < -0.39 is 75.6 Å². The number of carbonyl (C=O) groups is 2. The SMILES string of the molecule is CO.N#CC(C(=O)c1cc(C(F)(F)F)cc(C(F)(F)F)c1)C(=O)c1cc(C(F)(F)F)cc(C(F)(F)F)c1. The number of Topliss-reactive ketones (excluding diaryl/α,β-unsaturated/α-hetero) is 2. The Labute approximate surface area is 198 Å². The number of rotatable bonds is 4. The standard InChI is InChI=1S/C20H7F12NO2.CH4O/c21-17(22,23)10-1-8(2-11(5-10)18(24,25)26)15(34)14(7-33)16(35)9-3-12(19(27,28)29)6-13(4-9)20(30,31)32;1-2/h1-6,14H;2H,1H3. The molecule has 0 aromatic heterocycles. The molecule has 2 aromatic carbocycles. The van der Waals surface area contributed by atoms with Gasteiger partial charge in [0.15, 0.2) is 17.5 Å². The normalized spacial score (nSPS) is 12.5. The van der Waals surface area contributed by atoms with Crippen molar-refractivity contribution >= 4 is 11.6 Å². The van der Waals surface area contributed by atoms with E-state index in [9.17, 15) is 62.3 Å². The minimum Gasteiger partial charge on any atom is -0.400 e. The van der Waals surface area contributed by atoms with Crippen molar-refractivity contribution in [3.8, 4) is 6.07 Å². The Balaban J connectivity index is 0.00000334. The summed E-state index contributed by atoms with van der Waals surface area (Å²) >= 11 is 0. The van der Waals surface area contributed by atoms with E-state index in [-0.39, 0.29) is 36.4 Å². The number of aliphatic hydroxyl groups is 1. The lowest BCUT2D eigenvalue weighted by molar-refractivity contribution is -0.144. The Morgan fingerprint density at radius 2 is 0.811 bits per heavy atom. The molecule has 4 nitrogen and oxygen atoms in total. The van der Waals surface area contributed by atoms with Crippen LogP contribution < -0.4 is 0 Å². The van der Waals surface area contributed by atoms with Crippen LogP contribution in [0.3, 0.4) is 0 Å². The average Bonchev–Trinajstić information content (AvgIpc) is 2.77. The van der Waals surface area contributed by atoms with Crippen LogP contribution in [0.1, 0.15) is 43.0 Å². The van der Waals surface area contributed by atoms with Crippen LogP contribution in [0.2, 0.25) is 0 Å². The van der Waals surface area contributed by atoms with Crippen molar-refractivity contribution in [1.29, 1.82) is 5.26 Å². The maximum Gasteiger partial charge on any atom is 0.416 e. The number of hydrogen-bond donors (Lipinski definition) is 1. The zero-order valence-corrected chi connectivity index (χ0v) is 17.8. The molecule has 0 atom stereocenters. The third kappa shape index (κ3) is 7.68. The van der Waals surface area contributed by atoms with E-state index in [2.05, 4.69) is 0 Å². The van der Waals surface area contributed by atoms with Crippen molar-refractivity contribution in [2.75, 3.05) is 7.11 Å². The monoisotopic (exact) mass is 553 g/mol. The van der Waals surface area contributed by atoms with E-state index in [4.69, 9.17) is 10.4 Å². The van der Waals surface area contributed by atoms with E-state index in [0.29, 0.717) is 0 Å². The Bertz CT molecular complexity index is 1050. The van der Waals surface area contributed by atoms with Gasteiger partial charge in [-0.15, -0.1) is 0 Å². The average molecular weight is 553 g/mol. The van der Waals surface area contributed by atoms with Gasteiger partial charge in [-0.2, -0.15) is 57.9 Å². The molecule has 0 aliphatic heterocycles. The summed E-state index contributed by atoms with van der Waals surface area (Å²) in [5.74, 6) is -6.86. The summed E-state index contributed by atoms with van der Waals surface area (Å²) < 4.78 is 156. The predicted molar refractivity (Wildman–Crippen MR) is 98.8 cm³/mol. The third-order valence-corrected chi connectivity index (χ3v) is 4.40. The molecule has 0 saturated heterocycles. The van der Waals surface area contributed by atoms with Crippen LogP contribution in [0.4, 0.5) is 52.7 Å². The number of carbonyl (C=O) groups excluding carboxylic acids is 2. The highest BCUT2D eigenvalue weighted by Gasteiger charge is 2.41. The molecule has 16 heteroatoms. The molecule has 1 N–H and O–H groups in total. The Morgan fingerprint density at radius 1 is 0.595 bits per heavy atom. The molecule has 0 aliphatic carbocycles. The summed E-state index contributed by atoms with van der Waals surface area (Å²) in [7, 11) is 1.00.